The number of furan rings is 1. The first-order chi connectivity index (χ1) is 9.06. The molecule has 0 aliphatic rings. The molecule has 0 spiro atoms. The van der Waals surface area contributed by atoms with Crippen LogP contribution in [0.2, 0.25) is 0 Å². The van der Waals surface area contributed by atoms with E-state index in [1.165, 1.54) is 18.4 Å². The van der Waals surface area contributed by atoms with Crippen molar-refractivity contribution in [3.8, 4) is 5.75 Å². The molecule has 0 saturated heterocycles. The van der Waals surface area contributed by atoms with Gasteiger partial charge in [0.05, 0.1) is 12.0 Å². The van der Waals surface area contributed by atoms with Gasteiger partial charge in [-0.1, -0.05) is 15.9 Å². The predicted molar refractivity (Wildman–Crippen MR) is 78.2 cm³/mol. The van der Waals surface area contributed by atoms with Gasteiger partial charge >= 0.3 is 0 Å². The van der Waals surface area contributed by atoms with E-state index in [2.05, 4.69) is 26.6 Å². The highest BCUT2D eigenvalue weighted by Gasteiger charge is 2.11. The third kappa shape index (κ3) is 3.55. The SMILES string of the molecule is O=C(NC(=S)Nc1cc(Br)ccc1O)c1ccco1. The van der Waals surface area contributed by atoms with Gasteiger partial charge < -0.3 is 14.8 Å². The summed E-state index contributed by atoms with van der Waals surface area (Å²) in [5, 5.41) is 14.9. The number of halogens is 1. The van der Waals surface area contributed by atoms with E-state index in [0.717, 1.165) is 4.47 Å². The molecule has 5 nitrogen and oxygen atoms in total. The Balaban J connectivity index is 2.02. The van der Waals surface area contributed by atoms with Crippen molar-refractivity contribution >= 4 is 44.9 Å². The average Bonchev–Trinajstić information content (AvgIpc) is 2.87. The first kappa shape index (κ1) is 13.6. The summed E-state index contributed by atoms with van der Waals surface area (Å²) in [4.78, 5) is 11.7. The minimum atomic E-state index is -0.461. The first-order valence-corrected chi connectivity index (χ1v) is 6.41. The van der Waals surface area contributed by atoms with Gasteiger partial charge in [0.2, 0.25) is 0 Å². The van der Waals surface area contributed by atoms with Crippen molar-refractivity contribution in [2.24, 2.45) is 0 Å². The zero-order chi connectivity index (χ0) is 13.8. The van der Waals surface area contributed by atoms with Crippen molar-refractivity contribution in [3.05, 3.63) is 46.8 Å². The largest absolute Gasteiger partial charge is 0.506 e. The number of nitrogens with one attached hydrogen (secondary N) is 2. The maximum absolute atomic E-state index is 11.7. The molecule has 3 N–H and O–H groups in total. The summed E-state index contributed by atoms with van der Waals surface area (Å²) in [5.74, 6) is -0.280. The molecule has 0 atom stereocenters. The van der Waals surface area contributed by atoms with Crippen molar-refractivity contribution in [2.75, 3.05) is 5.32 Å². The van der Waals surface area contributed by atoms with Gasteiger partial charge in [0.25, 0.3) is 5.91 Å². The lowest BCUT2D eigenvalue weighted by Crippen LogP contribution is -2.33. The molecule has 0 fully saturated rings. The van der Waals surface area contributed by atoms with Crippen molar-refractivity contribution in [2.45, 2.75) is 0 Å². The van der Waals surface area contributed by atoms with Crippen LogP contribution < -0.4 is 10.6 Å². The summed E-state index contributed by atoms with van der Waals surface area (Å²) in [7, 11) is 0. The van der Waals surface area contributed by atoms with Gasteiger partial charge in [-0.15, -0.1) is 0 Å². The molecule has 1 heterocycles. The molecular formula is C12H9BrN2O3S. The van der Waals surface area contributed by atoms with Gasteiger partial charge in [-0.25, -0.2) is 0 Å². The molecule has 7 heteroatoms. The normalized spacial score (nSPS) is 9.95. The van der Waals surface area contributed by atoms with E-state index in [9.17, 15) is 9.90 Å². The van der Waals surface area contributed by atoms with E-state index in [-0.39, 0.29) is 16.6 Å². The minimum Gasteiger partial charge on any atom is -0.506 e. The van der Waals surface area contributed by atoms with E-state index < -0.39 is 5.91 Å². The molecule has 1 aromatic carbocycles. The number of hydrogen-bond acceptors (Lipinski definition) is 4. The third-order valence-corrected chi connectivity index (χ3v) is 2.88. The van der Waals surface area contributed by atoms with Crippen molar-refractivity contribution in [3.63, 3.8) is 0 Å². The quantitative estimate of drug-likeness (QED) is 0.579. The molecule has 0 aliphatic carbocycles. The minimum absolute atomic E-state index is 0.0257. The van der Waals surface area contributed by atoms with Crippen LogP contribution in [0.5, 0.6) is 5.75 Å². The molecule has 1 amide bonds. The lowest BCUT2D eigenvalue weighted by atomic mass is 10.3. The van der Waals surface area contributed by atoms with Crippen LogP contribution in [-0.2, 0) is 0 Å². The Morgan fingerprint density at radius 3 is 2.84 bits per heavy atom. The first-order valence-electron chi connectivity index (χ1n) is 5.20. The number of anilines is 1. The highest BCUT2D eigenvalue weighted by molar-refractivity contribution is 9.10. The summed E-state index contributed by atoms with van der Waals surface area (Å²) in [5.41, 5.74) is 0.388. The molecule has 19 heavy (non-hydrogen) atoms. The number of thiocarbonyl (C=S) groups is 1. The number of phenols is 1. The smallest absolute Gasteiger partial charge is 0.293 e. The molecule has 2 aromatic rings. The Morgan fingerprint density at radius 1 is 1.37 bits per heavy atom. The van der Waals surface area contributed by atoms with Gasteiger partial charge in [0.1, 0.15) is 5.75 Å². The van der Waals surface area contributed by atoms with Crippen molar-refractivity contribution in [1.82, 2.24) is 5.32 Å². The number of carbonyl (C=O) groups is 1. The fourth-order valence-corrected chi connectivity index (χ4v) is 1.90. The monoisotopic (exact) mass is 340 g/mol. The Bertz CT molecular complexity index is 613. The highest BCUT2D eigenvalue weighted by atomic mass is 79.9. The van der Waals surface area contributed by atoms with Crippen molar-refractivity contribution < 1.29 is 14.3 Å². The van der Waals surface area contributed by atoms with Crippen LogP contribution in [0.15, 0.2) is 45.5 Å². The number of carbonyl (C=O) groups excluding carboxylic acids is 1. The van der Waals surface area contributed by atoms with Crippen LogP contribution in [0, 0.1) is 0 Å². The third-order valence-electron chi connectivity index (χ3n) is 2.18. The van der Waals surface area contributed by atoms with Crippen molar-refractivity contribution in [1.29, 1.82) is 0 Å². The lowest BCUT2D eigenvalue weighted by molar-refractivity contribution is 0.0950. The van der Waals surface area contributed by atoms with Gasteiger partial charge in [0.15, 0.2) is 10.9 Å². The molecule has 98 valence electrons. The Morgan fingerprint density at radius 2 is 2.16 bits per heavy atom. The van der Waals surface area contributed by atoms with Crippen LogP contribution in [0.1, 0.15) is 10.6 Å². The average molecular weight is 341 g/mol. The second-order valence-corrected chi connectivity index (χ2v) is 4.87. The van der Waals surface area contributed by atoms with Gasteiger partial charge in [0, 0.05) is 4.47 Å². The van der Waals surface area contributed by atoms with Gasteiger partial charge in [-0.05, 0) is 42.5 Å². The van der Waals surface area contributed by atoms with E-state index in [4.69, 9.17) is 16.6 Å². The standard InChI is InChI=1S/C12H9BrN2O3S/c13-7-3-4-9(16)8(6-7)14-12(19)15-11(17)10-2-1-5-18-10/h1-6,16H,(H2,14,15,17,19). The van der Waals surface area contributed by atoms with Crippen LogP contribution in [0.3, 0.4) is 0 Å². The van der Waals surface area contributed by atoms with Crippen LogP contribution in [-0.4, -0.2) is 16.1 Å². The zero-order valence-electron chi connectivity index (χ0n) is 9.51. The number of aromatic hydroxyl groups is 1. The topological polar surface area (TPSA) is 74.5 Å². The molecule has 2 rings (SSSR count). The summed E-state index contributed by atoms with van der Waals surface area (Å²) >= 11 is 8.25. The molecule has 1 aromatic heterocycles. The Labute approximate surface area is 122 Å². The number of hydrogen-bond donors (Lipinski definition) is 3. The zero-order valence-corrected chi connectivity index (χ0v) is 11.9. The molecule has 0 saturated carbocycles. The molecular weight excluding hydrogens is 332 g/mol. The molecule has 0 unspecified atom stereocenters. The number of amides is 1. The fraction of sp³-hybridized carbons (Fsp3) is 0. The van der Waals surface area contributed by atoms with Crippen LogP contribution >= 0.6 is 28.1 Å². The highest BCUT2D eigenvalue weighted by Crippen LogP contribution is 2.26. The molecule has 0 aliphatic heterocycles. The van der Waals surface area contributed by atoms with E-state index in [1.807, 2.05) is 0 Å². The predicted octanol–water partition coefficient (Wildman–Crippen LogP) is 2.87. The molecule has 0 bridgehead atoms. The Hall–Kier alpha value is -1.86. The van der Waals surface area contributed by atoms with E-state index in [1.54, 1.807) is 18.2 Å². The lowest BCUT2D eigenvalue weighted by Gasteiger charge is -2.10. The van der Waals surface area contributed by atoms with Crippen LogP contribution in [0.25, 0.3) is 0 Å². The number of rotatable bonds is 2. The Kier molecular flexibility index (Phi) is 4.18. The summed E-state index contributed by atoms with van der Waals surface area (Å²) < 4.78 is 5.70. The van der Waals surface area contributed by atoms with Gasteiger partial charge in [-0.2, -0.15) is 0 Å². The maximum Gasteiger partial charge on any atom is 0.293 e. The second-order valence-electron chi connectivity index (χ2n) is 3.55. The number of phenolic OH excluding ortho intramolecular Hbond substituents is 1. The van der Waals surface area contributed by atoms with E-state index in [0.29, 0.717) is 5.69 Å². The second kappa shape index (κ2) is 5.85. The summed E-state index contributed by atoms with van der Waals surface area (Å²) in [6.45, 7) is 0. The molecule has 0 radical (unpaired) electrons. The van der Waals surface area contributed by atoms with Crippen LogP contribution in [0.4, 0.5) is 5.69 Å². The van der Waals surface area contributed by atoms with E-state index >= 15 is 0 Å². The fourth-order valence-electron chi connectivity index (χ4n) is 1.33. The maximum atomic E-state index is 11.7. The summed E-state index contributed by atoms with van der Waals surface area (Å²) in [6.07, 6.45) is 1.39. The summed E-state index contributed by atoms with van der Waals surface area (Å²) in [6, 6.07) is 7.95. The van der Waals surface area contributed by atoms with Gasteiger partial charge in [-0.3, -0.25) is 10.1 Å². The number of benzene rings is 1.